The smallest absolute Gasteiger partial charge is 0.271 e. The van der Waals surface area contributed by atoms with E-state index in [9.17, 15) is 20.2 Å². The first kappa shape index (κ1) is 18.2. The molecule has 1 amide bonds. The SMILES string of the molecule is C#CCOc1ccc(/C=C(\C#N)C(=O)Nc2cccc([N+](=O)[O-])c2)cc1. The highest BCUT2D eigenvalue weighted by Gasteiger charge is 2.12. The van der Waals surface area contributed by atoms with Gasteiger partial charge in [0.05, 0.1) is 4.92 Å². The van der Waals surface area contributed by atoms with E-state index in [0.717, 1.165) is 0 Å². The van der Waals surface area contributed by atoms with Gasteiger partial charge in [-0.3, -0.25) is 14.9 Å². The van der Waals surface area contributed by atoms with Crippen molar-refractivity contribution in [3.8, 4) is 24.2 Å². The zero-order valence-electron chi connectivity index (χ0n) is 13.5. The second kappa shape index (κ2) is 8.67. The summed E-state index contributed by atoms with van der Waals surface area (Å²) in [6.45, 7) is 0.143. The second-order valence-corrected chi connectivity index (χ2v) is 4.99. The number of terminal acetylenes is 1. The van der Waals surface area contributed by atoms with Crippen molar-refractivity contribution in [3.63, 3.8) is 0 Å². The van der Waals surface area contributed by atoms with E-state index < -0.39 is 10.8 Å². The Bertz CT molecular complexity index is 934. The Labute approximate surface area is 149 Å². The number of carbonyl (C=O) groups excluding carboxylic acids is 1. The van der Waals surface area contributed by atoms with Crippen LogP contribution in [0.2, 0.25) is 0 Å². The van der Waals surface area contributed by atoms with E-state index in [4.69, 9.17) is 11.2 Å². The number of nitro groups is 1. The summed E-state index contributed by atoms with van der Waals surface area (Å²) in [5, 5.41) is 22.5. The molecule has 0 aliphatic heterocycles. The van der Waals surface area contributed by atoms with Crippen LogP contribution < -0.4 is 10.1 Å². The molecule has 2 aromatic rings. The van der Waals surface area contributed by atoms with Crippen molar-refractivity contribution in [2.24, 2.45) is 0 Å². The van der Waals surface area contributed by atoms with Crippen LogP contribution in [0.15, 0.2) is 54.1 Å². The summed E-state index contributed by atoms with van der Waals surface area (Å²) in [4.78, 5) is 22.4. The first-order valence-corrected chi connectivity index (χ1v) is 7.37. The number of anilines is 1. The Morgan fingerprint density at radius 2 is 2.04 bits per heavy atom. The average molecular weight is 347 g/mol. The van der Waals surface area contributed by atoms with Gasteiger partial charge in [-0.15, -0.1) is 6.42 Å². The average Bonchev–Trinajstić information content (AvgIpc) is 2.65. The van der Waals surface area contributed by atoms with Crippen molar-refractivity contribution in [1.29, 1.82) is 5.26 Å². The zero-order chi connectivity index (χ0) is 18.9. The van der Waals surface area contributed by atoms with Crippen LogP contribution in [0.5, 0.6) is 5.75 Å². The third-order valence-corrected chi connectivity index (χ3v) is 3.19. The number of nitrogens with zero attached hydrogens (tertiary/aromatic N) is 2. The molecule has 0 atom stereocenters. The van der Waals surface area contributed by atoms with Crippen LogP contribution in [-0.4, -0.2) is 17.4 Å². The molecule has 7 heteroatoms. The third-order valence-electron chi connectivity index (χ3n) is 3.19. The molecule has 0 unspecified atom stereocenters. The van der Waals surface area contributed by atoms with Crippen molar-refractivity contribution < 1.29 is 14.5 Å². The highest BCUT2D eigenvalue weighted by Crippen LogP contribution is 2.19. The van der Waals surface area contributed by atoms with E-state index >= 15 is 0 Å². The van der Waals surface area contributed by atoms with Gasteiger partial charge in [-0.1, -0.05) is 24.1 Å². The molecular weight excluding hydrogens is 334 g/mol. The molecule has 0 heterocycles. The number of hydrogen-bond acceptors (Lipinski definition) is 5. The maximum absolute atomic E-state index is 12.2. The lowest BCUT2D eigenvalue weighted by Gasteiger charge is -2.05. The minimum atomic E-state index is -0.666. The van der Waals surface area contributed by atoms with Gasteiger partial charge in [0.15, 0.2) is 0 Å². The number of amides is 1. The number of carbonyl (C=O) groups is 1. The van der Waals surface area contributed by atoms with Crippen molar-refractivity contribution in [3.05, 3.63) is 69.8 Å². The lowest BCUT2D eigenvalue weighted by atomic mass is 10.1. The Morgan fingerprint density at radius 3 is 2.65 bits per heavy atom. The monoisotopic (exact) mass is 347 g/mol. The maximum Gasteiger partial charge on any atom is 0.271 e. The molecule has 2 aromatic carbocycles. The van der Waals surface area contributed by atoms with Gasteiger partial charge < -0.3 is 10.1 Å². The molecule has 0 fully saturated rings. The number of nitriles is 1. The van der Waals surface area contributed by atoms with E-state index in [1.54, 1.807) is 24.3 Å². The summed E-state index contributed by atoms with van der Waals surface area (Å²) in [5.74, 6) is 2.25. The molecule has 0 aromatic heterocycles. The molecular formula is C19H13N3O4. The van der Waals surface area contributed by atoms with Gasteiger partial charge in [-0.25, -0.2) is 0 Å². The van der Waals surface area contributed by atoms with Gasteiger partial charge in [0.25, 0.3) is 11.6 Å². The summed E-state index contributed by atoms with van der Waals surface area (Å²) < 4.78 is 5.24. The number of nitro benzene ring substituents is 1. The quantitative estimate of drug-likeness (QED) is 0.284. The van der Waals surface area contributed by atoms with Gasteiger partial charge >= 0.3 is 0 Å². The van der Waals surface area contributed by atoms with Crippen molar-refractivity contribution >= 4 is 23.4 Å². The largest absolute Gasteiger partial charge is 0.481 e. The van der Waals surface area contributed by atoms with Crippen molar-refractivity contribution in [2.75, 3.05) is 11.9 Å². The zero-order valence-corrected chi connectivity index (χ0v) is 13.5. The molecule has 0 saturated heterocycles. The van der Waals surface area contributed by atoms with Crippen LogP contribution >= 0.6 is 0 Å². The van der Waals surface area contributed by atoms with E-state index in [2.05, 4.69) is 11.2 Å². The van der Waals surface area contributed by atoms with E-state index in [0.29, 0.717) is 11.3 Å². The lowest BCUT2D eigenvalue weighted by molar-refractivity contribution is -0.384. The molecule has 0 bridgehead atoms. The number of ether oxygens (including phenoxy) is 1. The van der Waals surface area contributed by atoms with Crippen LogP contribution in [0.1, 0.15) is 5.56 Å². The molecule has 7 nitrogen and oxygen atoms in total. The summed E-state index contributed by atoms with van der Waals surface area (Å²) in [5.41, 5.74) is 0.536. The molecule has 0 spiro atoms. The summed E-state index contributed by atoms with van der Waals surface area (Å²) >= 11 is 0. The Morgan fingerprint density at radius 1 is 1.31 bits per heavy atom. The Kier molecular flexibility index (Phi) is 6.08. The van der Waals surface area contributed by atoms with Crippen molar-refractivity contribution in [1.82, 2.24) is 0 Å². The molecule has 26 heavy (non-hydrogen) atoms. The Balaban J connectivity index is 2.14. The normalized spacial score (nSPS) is 10.3. The van der Waals surface area contributed by atoms with E-state index in [1.807, 2.05) is 6.07 Å². The van der Waals surface area contributed by atoms with Crippen LogP contribution in [0.4, 0.5) is 11.4 Å². The van der Waals surface area contributed by atoms with Gasteiger partial charge in [0, 0.05) is 17.8 Å². The number of hydrogen-bond donors (Lipinski definition) is 1. The number of benzene rings is 2. The standard InChI is InChI=1S/C19H13N3O4/c1-2-10-26-18-8-6-14(7-9-18)11-15(13-20)19(23)21-16-4-3-5-17(12-16)22(24)25/h1,3-9,11-12H,10H2,(H,21,23)/b15-11+. The van der Waals surface area contributed by atoms with Gasteiger partial charge in [-0.2, -0.15) is 5.26 Å². The highest BCUT2D eigenvalue weighted by molar-refractivity contribution is 6.09. The van der Waals surface area contributed by atoms with Gasteiger partial charge in [-0.05, 0) is 29.8 Å². The molecule has 0 radical (unpaired) electrons. The Hall–Kier alpha value is -4.10. The fourth-order valence-corrected chi connectivity index (χ4v) is 2.00. The molecule has 128 valence electrons. The predicted molar refractivity (Wildman–Crippen MR) is 96.1 cm³/mol. The van der Waals surface area contributed by atoms with E-state index in [-0.39, 0.29) is 23.6 Å². The molecule has 1 N–H and O–H groups in total. The second-order valence-electron chi connectivity index (χ2n) is 4.99. The summed E-state index contributed by atoms with van der Waals surface area (Å²) in [7, 11) is 0. The topological polar surface area (TPSA) is 105 Å². The van der Waals surface area contributed by atoms with Crippen molar-refractivity contribution in [2.45, 2.75) is 0 Å². The number of nitrogens with one attached hydrogen (secondary N) is 1. The fourth-order valence-electron chi connectivity index (χ4n) is 2.00. The number of non-ortho nitro benzene ring substituents is 1. The molecule has 0 aliphatic carbocycles. The van der Waals surface area contributed by atoms with Crippen LogP contribution in [0, 0.1) is 33.8 Å². The molecule has 0 saturated carbocycles. The minimum Gasteiger partial charge on any atom is -0.481 e. The first-order chi connectivity index (χ1) is 12.5. The van der Waals surface area contributed by atoms with Gasteiger partial charge in [0.2, 0.25) is 0 Å². The van der Waals surface area contributed by atoms with E-state index in [1.165, 1.54) is 30.3 Å². The van der Waals surface area contributed by atoms with Crippen LogP contribution in [-0.2, 0) is 4.79 Å². The first-order valence-electron chi connectivity index (χ1n) is 7.37. The maximum atomic E-state index is 12.2. The third kappa shape index (κ3) is 4.95. The van der Waals surface area contributed by atoms with Crippen LogP contribution in [0.25, 0.3) is 6.08 Å². The van der Waals surface area contributed by atoms with Crippen LogP contribution in [0.3, 0.4) is 0 Å². The predicted octanol–water partition coefficient (Wildman–Crippen LogP) is 3.15. The summed E-state index contributed by atoms with van der Waals surface area (Å²) in [6, 6.07) is 13.9. The summed E-state index contributed by atoms with van der Waals surface area (Å²) in [6.07, 6.45) is 6.51. The minimum absolute atomic E-state index is 0.143. The highest BCUT2D eigenvalue weighted by atomic mass is 16.6. The molecule has 0 aliphatic rings. The lowest BCUT2D eigenvalue weighted by Crippen LogP contribution is -2.13. The van der Waals surface area contributed by atoms with Gasteiger partial charge in [0.1, 0.15) is 24.0 Å². The number of rotatable bonds is 6. The molecule has 2 rings (SSSR count). The fraction of sp³-hybridized carbons (Fsp3) is 0.0526.